The zero-order valence-corrected chi connectivity index (χ0v) is 12.5. The fourth-order valence-electron chi connectivity index (χ4n) is 1.90. The maximum atomic E-state index is 10.7. The molecule has 0 saturated heterocycles. The van der Waals surface area contributed by atoms with Gasteiger partial charge in [0.05, 0.1) is 0 Å². The van der Waals surface area contributed by atoms with Gasteiger partial charge in [0.2, 0.25) is 5.91 Å². The predicted molar refractivity (Wildman–Crippen MR) is 78.1 cm³/mol. The summed E-state index contributed by atoms with van der Waals surface area (Å²) in [6.07, 6.45) is 11.3. The maximum absolute atomic E-state index is 10.7. The van der Waals surface area contributed by atoms with Gasteiger partial charge in [-0.15, -0.1) is 0 Å². The zero-order valence-electron chi connectivity index (χ0n) is 12.5. The van der Waals surface area contributed by atoms with Crippen molar-refractivity contribution in [1.82, 2.24) is 5.32 Å². The van der Waals surface area contributed by atoms with Gasteiger partial charge in [-0.2, -0.15) is 0 Å². The standard InChI is InChI=1S/C15H31NO3/c1-2-3-4-5-6-7-8-9-12-19-13-10-11-16-15(18)14-17/h17H,2-14H2,1H3,(H,16,18). The van der Waals surface area contributed by atoms with E-state index in [1.54, 1.807) is 0 Å². The second kappa shape index (κ2) is 15.4. The van der Waals surface area contributed by atoms with E-state index in [1.165, 1.54) is 44.9 Å². The fraction of sp³-hybridized carbons (Fsp3) is 0.933. The molecule has 0 radical (unpaired) electrons. The number of hydrogen-bond donors (Lipinski definition) is 2. The predicted octanol–water partition coefficient (Wildman–Crippen LogP) is 2.64. The molecule has 0 aromatic heterocycles. The molecule has 0 bridgehead atoms. The monoisotopic (exact) mass is 273 g/mol. The summed E-state index contributed by atoms with van der Waals surface area (Å²) < 4.78 is 5.48. The van der Waals surface area contributed by atoms with Gasteiger partial charge in [-0.25, -0.2) is 0 Å². The Labute approximate surface area is 117 Å². The molecule has 0 heterocycles. The summed E-state index contributed by atoms with van der Waals surface area (Å²) in [4.78, 5) is 10.7. The smallest absolute Gasteiger partial charge is 0.245 e. The van der Waals surface area contributed by atoms with Gasteiger partial charge >= 0.3 is 0 Å². The van der Waals surface area contributed by atoms with E-state index < -0.39 is 6.61 Å². The van der Waals surface area contributed by atoms with Crippen LogP contribution in [0.4, 0.5) is 0 Å². The van der Waals surface area contributed by atoms with Crippen molar-refractivity contribution in [3.05, 3.63) is 0 Å². The first-order chi connectivity index (χ1) is 9.31. The van der Waals surface area contributed by atoms with E-state index in [9.17, 15) is 4.79 Å². The van der Waals surface area contributed by atoms with E-state index in [2.05, 4.69) is 12.2 Å². The lowest BCUT2D eigenvalue weighted by molar-refractivity contribution is -0.123. The number of hydrogen-bond acceptors (Lipinski definition) is 3. The van der Waals surface area contributed by atoms with Crippen LogP contribution in [0.15, 0.2) is 0 Å². The van der Waals surface area contributed by atoms with Crippen LogP contribution in [0.3, 0.4) is 0 Å². The lowest BCUT2D eigenvalue weighted by Gasteiger charge is -2.05. The molecule has 4 nitrogen and oxygen atoms in total. The maximum Gasteiger partial charge on any atom is 0.245 e. The second-order valence-corrected chi connectivity index (χ2v) is 4.95. The Kier molecular flexibility index (Phi) is 15.0. The number of carbonyl (C=O) groups excluding carboxylic acids is 1. The van der Waals surface area contributed by atoms with Crippen LogP contribution in [0.2, 0.25) is 0 Å². The highest BCUT2D eigenvalue weighted by molar-refractivity contribution is 5.76. The van der Waals surface area contributed by atoms with Crippen molar-refractivity contribution in [3.63, 3.8) is 0 Å². The molecule has 1 amide bonds. The van der Waals surface area contributed by atoms with Crippen LogP contribution in [-0.4, -0.2) is 37.4 Å². The quantitative estimate of drug-likeness (QED) is 0.478. The third-order valence-corrected chi connectivity index (χ3v) is 3.07. The molecule has 0 rings (SSSR count). The molecule has 0 aromatic carbocycles. The minimum atomic E-state index is -0.431. The van der Waals surface area contributed by atoms with Crippen LogP contribution in [0.5, 0.6) is 0 Å². The number of aliphatic hydroxyl groups excluding tert-OH is 1. The van der Waals surface area contributed by atoms with E-state index in [0.717, 1.165) is 19.4 Å². The number of carbonyl (C=O) groups is 1. The first kappa shape index (κ1) is 18.4. The Bertz CT molecular complexity index is 198. The molecule has 0 aliphatic heterocycles. The summed E-state index contributed by atoms with van der Waals surface area (Å²) in [5, 5.41) is 11.1. The highest BCUT2D eigenvalue weighted by Gasteiger charge is 1.96. The average Bonchev–Trinajstić information content (AvgIpc) is 2.43. The van der Waals surface area contributed by atoms with Crippen LogP contribution >= 0.6 is 0 Å². The molecule has 0 aromatic rings. The Morgan fingerprint density at radius 3 is 2.16 bits per heavy atom. The lowest BCUT2D eigenvalue weighted by Crippen LogP contribution is -2.27. The van der Waals surface area contributed by atoms with Gasteiger partial charge in [-0.05, 0) is 12.8 Å². The Balaban J connectivity index is 2.97. The third kappa shape index (κ3) is 15.3. The van der Waals surface area contributed by atoms with E-state index in [0.29, 0.717) is 13.2 Å². The van der Waals surface area contributed by atoms with E-state index in [1.807, 2.05) is 0 Å². The van der Waals surface area contributed by atoms with Gasteiger partial charge in [0.15, 0.2) is 0 Å². The number of ether oxygens (including phenoxy) is 1. The molecule has 0 aliphatic rings. The molecular weight excluding hydrogens is 242 g/mol. The lowest BCUT2D eigenvalue weighted by atomic mass is 10.1. The Hall–Kier alpha value is -0.610. The molecule has 19 heavy (non-hydrogen) atoms. The molecule has 0 aliphatic carbocycles. The summed E-state index contributed by atoms with van der Waals surface area (Å²) in [5.74, 6) is -0.317. The van der Waals surface area contributed by atoms with Gasteiger partial charge < -0.3 is 15.2 Å². The van der Waals surface area contributed by atoms with Crippen molar-refractivity contribution in [2.24, 2.45) is 0 Å². The van der Waals surface area contributed by atoms with Crippen LogP contribution < -0.4 is 5.32 Å². The van der Waals surface area contributed by atoms with Crippen LogP contribution in [-0.2, 0) is 9.53 Å². The zero-order chi connectivity index (χ0) is 14.2. The number of rotatable bonds is 14. The SMILES string of the molecule is CCCCCCCCCCOCCCNC(=O)CO. The third-order valence-electron chi connectivity index (χ3n) is 3.07. The van der Waals surface area contributed by atoms with Crippen molar-refractivity contribution < 1.29 is 14.6 Å². The van der Waals surface area contributed by atoms with Crippen molar-refractivity contribution in [2.75, 3.05) is 26.4 Å². The van der Waals surface area contributed by atoms with Crippen LogP contribution in [0, 0.1) is 0 Å². The first-order valence-electron chi connectivity index (χ1n) is 7.76. The van der Waals surface area contributed by atoms with Crippen LogP contribution in [0.25, 0.3) is 0 Å². The summed E-state index contributed by atoms with van der Waals surface area (Å²) in [5.41, 5.74) is 0. The van der Waals surface area contributed by atoms with Crippen molar-refractivity contribution in [1.29, 1.82) is 0 Å². The molecule has 0 fully saturated rings. The van der Waals surface area contributed by atoms with Gasteiger partial charge in [0, 0.05) is 19.8 Å². The minimum absolute atomic E-state index is 0.317. The normalized spacial score (nSPS) is 10.6. The van der Waals surface area contributed by atoms with Gasteiger partial charge in [0.25, 0.3) is 0 Å². The van der Waals surface area contributed by atoms with Gasteiger partial charge in [-0.1, -0.05) is 51.9 Å². The molecule has 2 N–H and O–H groups in total. The van der Waals surface area contributed by atoms with E-state index >= 15 is 0 Å². The molecule has 0 atom stereocenters. The fourth-order valence-corrected chi connectivity index (χ4v) is 1.90. The highest BCUT2D eigenvalue weighted by Crippen LogP contribution is 2.08. The molecule has 0 unspecified atom stereocenters. The summed E-state index contributed by atoms with van der Waals surface area (Å²) in [7, 11) is 0. The van der Waals surface area contributed by atoms with E-state index in [4.69, 9.17) is 9.84 Å². The number of amides is 1. The second-order valence-electron chi connectivity index (χ2n) is 4.95. The largest absolute Gasteiger partial charge is 0.387 e. The van der Waals surface area contributed by atoms with Crippen molar-refractivity contribution in [3.8, 4) is 0 Å². The number of aliphatic hydroxyl groups is 1. The summed E-state index contributed by atoms with van der Waals surface area (Å²) in [6, 6.07) is 0. The average molecular weight is 273 g/mol. The van der Waals surface area contributed by atoms with Crippen molar-refractivity contribution in [2.45, 2.75) is 64.7 Å². The molecule has 114 valence electrons. The number of nitrogens with one attached hydrogen (secondary N) is 1. The van der Waals surface area contributed by atoms with Gasteiger partial charge in [0.1, 0.15) is 6.61 Å². The molecular formula is C15H31NO3. The summed E-state index contributed by atoms with van der Waals surface area (Å²) >= 11 is 0. The Morgan fingerprint density at radius 2 is 1.53 bits per heavy atom. The van der Waals surface area contributed by atoms with Crippen molar-refractivity contribution >= 4 is 5.91 Å². The van der Waals surface area contributed by atoms with E-state index in [-0.39, 0.29) is 5.91 Å². The molecule has 0 saturated carbocycles. The molecule has 0 spiro atoms. The minimum Gasteiger partial charge on any atom is -0.387 e. The number of unbranched alkanes of at least 4 members (excludes halogenated alkanes) is 7. The van der Waals surface area contributed by atoms with Gasteiger partial charge in [-0.3, -0.25) is 4.79 Å². The highest BCUT2D eigenvalue weighted by atomic mass is 16.5. The van der Waals surface area contributed by atoms with Crippen LogP contribution in [0.1, 0.15) is 64.7 Å². The first-order valence-corrected chi connectivity index (χ1v) is 7.76. The topological polar surface area (TPSA) is 58.6 Å². The Morgan fingerprint density at radius 1 is 0.947 bits per heavy atom. The molecule has 4 heteroatoms. The summed E-state index contributed by atoms with van der Waals surface area (Å²) in [6.45, 7) is 3.90.